The molecule has 1 atom stereocenters. The molecule has 0 aliphatic rings. The van der Waals surface area contributed by atoms with Crippen molar-refractivity contribution in [2.45, 2.75) is 26.2 Å². The molecule has 3 heteroatoms. The Bertz CT molecular complexity index is 273. The van der Waals surface area contributed by atoms with Gasteiger partial charge in [0.2, 0.25) is 0 Å². The van der Waals surface area contributed by atoms with Crippen molar-refractivity contribution in [2.24, 2.45) is 0 Å². The Morgan fingerprint density at radius 1 is 1.38 bits per heavy atom. The van der Waals surface area contributed by atoms with Crippen LogP contribution < -0.4 is 5.46 Å². The van der Waals surface area contributed by atoms with Gasteiger partial charge in [0, 0.05) is 0 Å². The third-order valence-corrected chi connectivity index (χ3v) is 2.39. The van der Waals surface area contributed by atoms with Gasteiger partial charge in [-0.2, -0.15) is 0 Å². The van der Waals surface area contributed by atoms with E-state index in [0.717, 1.165) is 12.0 Å². The summed E-state index contributed by atoms with van der Waals surface area (Å²) in [6, 6.07) is 7.44. The Labute approximate surface area is 79.4 Å². The Morgan fingerprint density at radius 2 is 2.08 bits per heavy atom. The van der Waals surface area contributed by atoms with Gasteiger partial charge in [0.25, 0.3) is 0 Å². The first-order valence-corrected chi connectivity index (χ1v) is 4.61. The summed E-state index contributed by atoms with van der Waals surface area (Å²) in [6.07, 6.45) is 1.06. The molecule has 1 aromatic rings. The van der Waals surface area contributed by atoms with E-state index in [1.165, 1.54) is 0 Å². The first-order chi connectivity index (χ1) is 6.15. The van der Waals surface area contributed by atoms with Crippen LogP contribution in [0, 0.1) is 0 Å². The van der Waals surface area contributed by atoms with Gasteiger partial charge in [-0.3, -0.25) is 0 Å². The van der Waals surface area contributed by atoms with Crippen LogP contribution in [0.4, 0.5) is 0 Å². The normalized spacial score (nSPS) is 12.6. The van der Waals surface area contributed by atoms with Gasteiger partial charge >= 0.3 is 7.12 Å². The highest BCUT2D eigenvalue weighted by Crippen LogP contribution is 2.16. The molecule has 0 aliphatic heterocycles. The molecule has 13 heavy (non-hydrogen) atoms. The van der Waals surface area contributed by atoms with E-state index in [0.29, 0.717) is 11.4 Å². The molecule has 0 radical (unpaired) electrons. The van der Waals surface area contributed by atoms with Gasteiger partial charge in [0.05, 0.1) is 0 Å². The molecule has 0 saturated heterocycles. The molecule has 2 N–H and O–H groups in total. The topological polar surface area (TPSA) is 40.5 Å². The molecular weight excluding hydrogens is 163 g/mol. The van der Waals surface area contributed by atoms with Crippen molar-refractivity contribution in [2.75, 3.05) is 0 Å². The summed E-state index contributed by atoms with van der Waals surface area (Å²) in [7, 11) is -1.36. The lowest BCUT2D eigenvalue weighted by Gasteiger charge is -2.10. The number of benzene rings is 1. The Kier molecular flexibility index (Phi) is 3.52. The average Bonchev–Trinajstić information content (AvgIpc) is 2.17. The van der Waals surface area contributed by atoms with Crippen molar-refractivity contribution in [3.05, 3.63) is 29.8 Å². The fourth-order valence-corrected chi connectivity index (χ4v) is 1.26. The van der Waals surface area contributed by atoms with Crippen LogP contribution in [0.1, 0.15) is 31.7 Å². The van der Waals surface area contributed by atoms with Gasteiger partial charge in [-0.25, -0.2) is 0 Å². The molecule has 0 saturated carbocycles. The first kappa shape index (κ1) is 10.3. The summed E-state index contributed by atoms with van der Waals surface area (Å²) in [6.45, 7) is 4.25. The van der Waals surface area contributed by atoms with Crippen molar-refractivity contribution in [1.29, 1.82) is 0 Å². The zero-order valence-corrected chi connectivity index (χ0v) is 8.07. The van der Waals surface area contributed by atoms with E-state index in [9.17, 15) is 0 Å². The molecular formula is C10H15BO2. The number of hydrogen-bond acceptors (Lipinski definition) is 2. The summed E-state index contributed by atoms with van der Waals surface area (Å²) in [5.41, 5.74) is 1.73. The van der Waals surface area contributed by atoms with Crippen molar-refractivity contribution in [3.8, 4) is 0 Å². The standard InChI is InChI=1S/C10H15BO2/c1-3-8(2)9-5-4-6-10(7-9)11(12)13/h4-8,12-13H,3H2,1-2H3. The maximum Gasteiger partial charge on any atom is 0.488 e. The molecule has 1 unspecified atom stereocenters. The van der Waals surface area contributed by atoms with Gasteiger partial charge < -0.3 is 10.0 Å². The van der Waals surface area contributed by atoms with Crippen molar-refractivity contribution in [1.82, 2.24) is 0 Å². The second kappa shape index (κ2) is 4.44. The van der Waals surface area contributed by atoms with E-state index in [1.54, 1.807) is 6.07 Å². The van der Waals surface area contributed by atoms with E-state index >= 15 is 0 Å². The maximum atomic E-state index is 8.96. The predicted molar refractivity (Wildman–Crippen MR) is 55.0 cm³/mol. The van der Waals surface area contributed by atoms with E-state index in [1.807, 2.05) is 18.2 Å². The summed E-state index contributed by atoms with van der Waals surface area (Å²) in [5.74, 6) is 0.471. The molecule has 2 nitrogen and oxygen atoms in total. The van der Waals surface area contributed by atoms with Crippen LogP contribution in [0.3, 0.4) is 0 Å². The molecule has 0 bridgehead atoms. The van der Waals surface area contributed by atoms with Gasteiger partial charge in [-0.1, -0.05) is 38.1 Å². The van der Waals surface area contributed by atoms with Gasteiger partial charge in [0.15, 0.2) is 0 Å². The van der Waals surface area contributed by atoms with Crippen LogP contribution in [0.2, 0.25) is 0 Å². The van der Waals surface area contributed by atoms with Crippen LogP contribution >= 0.6 is 0 Å². The molecule has 0 aromatic heterocycles. The number of hydrogen-bond donors (Lipinski definition) is 2. The molecule has 0 heterocycles. The average molecular weight is 178 g/mol. The molecule has 0 spiro atoms. The first-order valence-electron chi connectivity index (χ1n) is 4.61. The minimum Gasteiger partial charge on any atom is -0.423 e. The monoisotopic (exact) mass is 178 g/mol. The van der Waals surface area contributed by atoms with Crippen molar-refractivity contribution < 1.29 is 10.0 Å². The van der Waals surface area contributed by atoms with Crippen LogP contribution in [-0.4, -0.2) is 17.2 Å². The highest BCUT2D eigenvalue weighted by molar-refractivity contribution is 6.58. The number of rotatable bonds is 3. The third kappa shape index (κ3) is 2.57. The van der Waals surface area contributed by atoms with E-state index in [-0.39, 0.29) is 0 Å². The van der Waals surface area contributed by atoms with Crippen molar-refractivity contribution >= 4 is 12.6 Å². The molecule has 0 amide bonds. The summed E-state index contributed by atoms with van der Waals surface area (Å²) >= 11 is 0. The molecule has 1 rings (SSSR count). The Morgan fingerprint density at radius 3 is 2.62 bits per heavy atom. The lowest BCUT2D eigenvalue weighted by molar-refractivity contribution is 0.425. The lowest BCUT2D eigenvalue weighted by Crippen LogP contribution is -2.29. The van der Waals surface area contributed by atoms with Crippen molar-refractivity contribution in [3.63, 3.8) is 0 Å². The highest BCUT2D eigenvalue weighted by Gasteiger charge is 2.12. The smallest absolute Gasteiger partial charge is 0.423 e. The van der Waals surface area contributed by atoms with E-state index < -0.39 is 7.12 Å². The zero-order valence-electron chi connectivity index (χ0n) is 8.07. The van der Waals surface area contributed by atoms with Crippen LogP contribution in [-0.2, 0) is 0 Å². The minimum atomic E-state index is -1.36. The quantitative estimate of drug-likeness (QED) is 0.674. The van der Waals surface area contributed by atoms with Gasteiger partial charge in [0.1, 0.15) is 0 Å². The zero-order chi connectivity index (χ0) is 9.84. The maximum absolute atomic E-state index is 8.96. The largest absolute Gasteiger partial charge is 0.488 e. The predicted octanol–water partition coefficient (Wildman–Crippen LogP) is 0.880. The van der Waals surface area contributed by atoms with Crippen LogP contribution in [0.5, 0.6) is 0 Å². The van der Waals surface area contributed by atoms with Gasteiger partial charge in [-0.15, -0.1) is 0 Å². The summed E-state index contributed by atoms with van der Waals surface area (Å²) in [5, 5.41) is 17.9. The van der Waals surface area contributed by atoms with Gasteiger partial charge in [-0.05, 0) is 23.4 Å². The van der Waals surface area contributed by atoms with E-state index in [4.69, 9.17) is 10.0 Å². The fourth-order valence-electron chi connectivity index (χ4n) is 1.26. The summed E-state index contributed by atoms with van der Waals surface area (Å²) < 4.78 is 0. The van der Waals surface area contributed by atoms with Crippen LogP contribution in [0.15, 0.2) is 24.3 Å². The Balaban J connectivity index is 2.91. The second-order valence-electron chi connectivity index (χ2n) is 3.35. The molecule has 0 fully saturated rings. The lowest BCUT2D eigenvalue weighted by atomic mass is 9.78. The van der Waals surface area contributed by atoms with E-state index in [2.05, 4.69) is 13.8 Å². The molecule has 0 aliphatic carbocycles. The second-order valence-corrected chi connectivity index (χ2v) is 3.35. The molecule has 1 aromatic carbocycles. The SMILES string of the molecule is CCC(C)c1cccc(B(O)O)c1. The Hall–Kier alpha value is -0.795. The fraction of sp³-hybridized carbons (Fsp3) is 0.400. The molecule has 70 valence electrons. The highest BCUT2D eigenvalue weighted by atomic mass is 16.4. The van der Waals surface area contributed by atoms with Crippen LogP contribution in [0.25, 0.3) is 0 Å². The minimum absolute atomic E-state index is 0.471. The third-order valence-electron chi connectivity index (χ3n) is 2.39. The summed E-state index contributed by atoms with van der Waals surface area (Å²) in [4.78, 5) is 0.